The lowest BCUT2D eigenvalue weighted by atomic mass is 9.94. The Balaban J connectivity index is 1.54. The predicted molar refractivity (Wildman–Crippen MR) is 85.6 cm³/mol. The molecule has 1 saturated heterocycles. The average molecular weight is 287 g/mol. The van der Waals surface area contributed by atoms with Crippen molar-refractivity contribution in [3.05, 3.63) is 29.3 Å². The summed E-state index contributed by atoms with van der Waals surface area (Å²) in [5, 5.41) is 6.09. The molecule has 1 saturated carbocycles. The largest absolute Gasteiger partial charge is 0.335 e. The Hall–Kier alpha value is -1.55. The first-order valence-electron chi connectivity index (χ1n) is 7.82. The molecule has 3 rings (SSSR count). The highest BCUT2D eigenvalue weighted by Crippen LogP contribution is 2.52. The number of carbonyl (C=O) groups excluding carboxylic acids is 1. The molecule has 0 radical (unpaired) electrons. The summed E-state index contributed by atoms with van der Waals surface area (Å²) in [6, 6.07) is 6.28. The highest BCUT2D eigenvalue weighted by Gasteiger charge is 2.55. The van der Waals surface area contributed by atoms with Crippen LogP contribution in [0.15, 0.2) is 18.2 Å². The number of nitrogens with one attached hydrogen (secondary N) is 2. The highest BCUT2D eigenvalue weighted by atomic mass is 16.2. The zero-order valence-electron chi connectivity index (χ0n) is 13.2. The number of likely N-dealkylation sites (tertiary alicyclic amines) is 1. The van der Waals surface area contributed by atoms with Gasteiger partial charge in [-0.25, -0.2) is 4.79 Å². The molecular weight excluding hydrogens is 262 g/mol. The smallest absolute Gasteiger partial charge is 0.319 e. The first-order chi connectivity index (χ1) is 9.98. The van der Waals surface area contributed by atoms with Crippen molar-refractivity contribution in [2.24, 2.45) is 5.41 Å². The molecule has 2 aliphatic rings. The van der Waals surface area contributed by atoms with E-state index in [-0.39, 0.29) is 6.03 Å². The van der Waals surface area contributed by atoms with Gasteiger partial charge in [-0.05, 0) is 70.0 Å². The molecule has 1 aromatic carbocycles. The van der Waals surface area contributed by atoms with Crippen LogP contribution in [0, 0.1) is 19.3 Å². The van der Waals surface area contributed by atoms with Crippen molar-refractivity contribution in [2.45, 2.75) is 39.2 Å². The Morgan fingerprint density at radius 3 is 2.86 bits per heavy atom. The molecule has 4 heteroatoms. The van der Waals surface area contributed by atoms with Gasteiger partial charge in [0.2, 0.25) is 0 Å². The van der Waals surface area contributed by atoms with Crippen LogP contribution in [0.1, 0.15) is 30.4 Å². The number of carbonyl (C=O) groups is 1. The highest BCUT2D eigenvalue weighted by molar-refractivity contribution is 5.89. The molecular formula is C17H25N3O. The maximum absolute atomic E-state index is 12.1. The third kappa shape index (κ3) is 3.05. The molecule has 1 spiro atoms. The van der Waals surface area contributed by atoms with Crippen LogP contribution in [0.25, 0.3) is 0 Å². The number of benzene rings is 1. The fourth-order valence-corrected chi connectivity index (χ4v) is 3.54. The predicted octanol–water partition coefficient (Wildman–Crippen LogP) is 2.91. The van der Waals surface area contributed by atoms with Gasteiger partial charge in [-0.15, -0.1) is 0 Å². The molecule has 21 heavy (non-hydrogen) atoms. The van der Waals surface area contributed by atoms with Gasteiger partial charge in [0.25, 0.3) is 0 Å². The normalized spacial score (nSPS) is 28.4. The minimum atomic E-state index is -0.0756. The summed E-state index contributed by atoms with van der Waals surface area (Å²) < 4.78 is 0. The van der Waals surface area contributed by atoms with E-state index < -0.39 is 0 Å². The van der Waals surface area contributed by atoms with E-state index in [1.165, 1.54) is 30.5 Å². The molecule has 4 nitrogen and oxygen atoms in total. The van der Waals surface area contributed by atoms with Crippen molar-refractivity contribution in [1.82, 2.24) is 10.2 Å². The molecule has 2 atom stereocenters. The van der Waals surface area contributed by atoms with Crippen molar-refractivity contribution in [2.75, 3.05) is 25.5 Å². The van der Waals surface area contributed by atoms with Crippen LogP contribution in [-0.4, -0.2) is 37.1 Å². The molecule has 1 heterocycles. The van der Waals surface area contributed by atoms with Gasteiger partial charge in [0, 0.05) is 23.7 Å². The summed E-state index contributed by atoms with van der Waals surface area (Å²) in [4.78, 5) is 14.5. The van der Waals surface area contributed by atoms with E-state index in [1.54, 1.807) is 0 Å². The number of hydrogen-bond acceptors (Lipinski definition) is 2. The number of rotatable bonds is 2. The van der Waals surface area contributed by atoms with Gasteiger partial charge in [-0.3, -0.25) is 0 Å². The maximum Gasteiger partial charge on any atom is 0.319 e. The van der Waals surface area contributed by atoms with E-state index in [4.69, 9.17) is 0 Å². The number of piperidine rings is 1. The maximum atomic E-state index is 12.1. The van der Waals surface area contributed by atoms with Crippen molar-refractivity contribution < 1.29 is 4.79 Å². The van der Waals surface area contributed by atoms with E-state index in [9.17, 15) is 4.79 Å². The molecule has 1 aliphatic carbocycles. The fourth-order valence-electron chi connectivity index (χ4n) is 3.54. The summed E-state index contributed by atoms with van der Waals surface area (Å²) >= 11 is 0. The quantitative estimate of drug-likeness (QED) is 0.878. The average Bonchev–Trinajstić information content (AvgIpc) is 3.04. The van der Waals surface area contributed by atoms with E-state index in [1.807, 2.05) is 18.2 Å². The topological polar surface area (TPSA) is 44.4 Å². The van der Waals surface area contributed by atoms with Gasteiger partial charge in [-0.2, -0.15) is 0 Å². The van der Waals surface area contributed by atoms with Gasteiger partial charge in [0.05, 0.1) is 0 Å². The van der Waals surface area contributed by atoms with E-state index >= 15 is 0 Å². The molecule has 0 aromatic heterocycles. The van der Waals surface area contributed by atoms with Crippen LogP contribution in [0.5, 0.6) is 0 Å². The minimum Gasteiger partial charge on any atom is -0.335 e. The van der Waals surface area contributed by atoms with Gasteiger partial charge >= 0.3 is 6.03 Å². The first-order valence-corrected chi connectivity index (χ1v) is 7.82. The Morgan fingerprint density at radius 2 is 2.14 bits per heavy atom. The molecule has 2 N–H and O–H groups in total. The van der Waals surface area contributed by atoms with Gasteiger partial charge in [-0.1, -0.05) is 6.07 Å². The lowest BCUT2D eigenvalue weighted by Crippen LogP contribution is -2.40. The van der Waals surface area contributed by atoms with Gasteiger partial charge in [0.15, 0.2) is 0 Å². The number of hydrogen-bond donors (Lipinski definition) is 2. The van der Waals surface area contributed by atoms with Gasteiger partial charge in [0.1, 0.15) is 0 Å². The lowest BCUT2D eigenvalue weighted by Gasteiger charge is -2.30. The van der Waals surface area contributed by atoms with Crippen LogP contribution >= 0.6 is 0 Å². The fraction of sp³-hybridized carbons (Fsp3) is 0.588. The van der Waals surface area contributed by atoms with Crippen molar-refractivity contribution >= 4 is 11.7 Å². The molecule has 1 aliphatic heterocycles. The third-order valence-electron chi connectivity index (χ3n) is 5.06. The summed E-state index contributed by atoms with van der Waals surface area (Å²) in [7, 11) is 2.17. The first kappa shape index (κ1) is 14.4. The van der Waals surface area contributed by atoms with Crippen LogP contribution in [-0.2, 0) is 0 Å². The Labute approximate surface area is 126 Å². The molecule has 1 unspecified atom stereocenters. The van der Waals surface area contributed by atoms with E-state index in [2.05, 4.69) is 36.4 Å². The van der Waals surface area contributed by atoms with Gasteiger partial charge < -0.3 is 15.5 Å². The number of amides is 2. The number of aryl methyl sites for hydroxylation is 2. The summed E-state index contributed by atoms with van der Waals surface area (Å²) in [5.41, 5.74) is 3.65. The molecule has 2 amide bonds. The summed E-state index contributed by atoms with van der Waals surface area (Å²) in [5.74, 6) is 0. The van der Waals surface area contributed by atoms with Crippen LogP contribution in [0.2, 0.25) is 0 Å². The number of anilines is 1. The third-order valence-corrected chi connectivity index (χ3v) is 5.06. The SMILES string of the molecule is Cc1ccc(NC(=O)N[C@H]2CC23CCCN(C)C3)cc1C. The minimum absolute atomic E-state index is 0.0756. The molecule has 1 aromatic rings. The van der Waals surface area contributed by atoms with Crippen molar-refractivity contribution in [1.29, 1.82) is 0 Å². The monoisotopic (exact) mass is 287 g/mol. The standard InChI is InChI=1S/C17H25N3O/c1-12-5-6-14(9-13(12)2)18-16(21)19-15-10-17(15)7-4-8-20(3)11-17/h5-6,9,15H,4,7-8,10-11H2,1-3H3,(H2,18,19,21)/t15-,17?/m0/s1. The Kier molecular flexibility index (Phi) is 3.66. The van der Waals surface area contributed by atoms with E-state index in [0.29, 0.717) is 11.5 Å². The Morgan fingerprint density at radius 1 is 1.33 bits per heavy atom. The molecule has 114 valence electrons. The second-order valence-corrected chi connectivity index (χ2v) is 6.86. The van der Waals surface area contributed by atoms with Crippen molar-refractivity contribution in [3.8, 4) is 0 Å². The second-order valence-electron chi connectivity index (χ2n) is 6.86. The van der Waals surface area contributed by atoms with Crippen LogP contribution < -0.4 is 10.6 Å². The van der Waals surface area contributed by atoms with Crippen molar-refractivity contribution in [3.63, 3.8) is 0 Å². The van der Waals surface area contributed by atoms with Crippen LogP contribution in [0.4, 0.5) is 10.5 Å². The molecule has 0 bridgehead atoms. The summed E-state index contributed by atoms with van der Waals surface area (Å²) in [6.45, 7) is 6.43. The number of nitrogens with zero attached hydrogens (tertiary/aromatic N) is 1. The number of urea groups is 1. The zero-order valence-corrected chi connectivity index (χ0v) is 13.2. The van der Waals surface area contributed by atoms with E-state index in [0.717, 1.165) is 18.7 Å². The lowest BCUT2D eigenvalue weighted by molar-refractivity contribution is 0.185. The second kappa shape index (κ2) is 5.34. The summed E-state index contributed by atoms with van der Waals surface area (Å²) in [6.07, 6.45) is 3.61. The van der Waals surface area contributed by atoms with Crippen LogP contribution in [0.3, 0.4) is 0 Å². The Bertz CT molecular complexity index is 557. The molecule has 2 fully saturated rings. The zero-order chi connectivity index (χ0) is 15.0.